The van der Waals surface area contributed by atoms with Crippen molar-refractivity contribution in [2.24, 2.45) is 11.8 Å². The number of hydrogen-bond acceptors (Lipinski definition) is 2. The van der Waals surface area contributed by atoms with Crippen molar-refractivity contribution in [2.75, 3.05) is 11.5 Å². The molecule has 0 aromatic heterocycles. The van der Waals surface area contributed by atoms with Crippen molar-refractivity contribution in [1.29, 1.82) is 0 Å². The van der Waals surface area contributed by atoms with E-state index in [2.05, 4.69) is 30.9 Å². The molecule has 1 N–H and O–H groups in total. The molecule has 2 heteroatoms. The lowest BCUT2D eigenvalue weighted by Crippen LogP contribution is -2.44. The average Bonchev–Trinajstić information content (AvgIpc) is 2.17. The van der Waals surface area contributed by atoms with Crippen LogP contribution < -0.4 is 5.32 Å². The number of rotatable bonds is 2. The monoisotopic (exact) mass is 227 g/mol. The lowest BCUT2D eigenvalue weighted by Gasteiger charge is -2.35. The third kappa shape index (κ3) is 3.67. The van der Waals surface area contributed by atoms with Crippen LogP contribution in [-0.4, -0.2) is 23.6 Å². The first-order chi connectivity index (χ1) is 7.24. The minimum Gasteiger partial charge on any atom is -0.310 e. The van der Waals surface area contributed by atoms with Crippen molar-refractivity contribution in [3.63, 3.8) is 0 Å². The first-order valence-corrected chi connectivity index (χ1v) is 7.73. The Morgan fingerprint density at radius 1 is 1.00 bits per heavy atom. The summed E-state index contributed by atoms with van der Waals surface area (Å²) in [4.78, 5) is 0. The maximum atomic E-state index is 3.90. The van der Waals surface area contributed by atoms with Gasteiger partial charge in [-0.25, -0.2) is 0 Å². The van der Waals surface area contributed by atoms with E-state index in [1.54, 1.807) is 0 Å². The van der Waals surface area contributed by atoms with E-state index in [0.717, 1.165) is 23.9 Å². The smallest absolute Gasteiger partial charge is 0.0161 e. The lowest BCUT2D eigenvalue weighted by molar-refractivity contribution is 0.226. The van der Waals surface area contributed by atoms with Gasteiger partial charge in [-0.05, 0) is 49.7 Å². The zero-order chi connectivity index (χ0) is 10.7. The SMILES string of the molecule is CC1CC(C)CC(NC2CCCSC2)C1. The fourth-order valence-corrected chi connectivity index (χ4v) is 4.37. The van der Waals surface area contributed by atoms with Crippen molar-refractivity contribution in [3.05, 3.63) is 0 Å². The molecule has 0 radical (unpaired) electrons. The fraction of sp³-hybridized carbons (Fsp3) is 1.00. The second kappa shape index (κ2) is 5.58. The van der Waals surface area contributed by atoms with E-state index in [-0.39, 0.29) is 0 Å². The summed E-state index contributed by atoms with van der Waals surface area (Å²) in [5.41, 5.74) is 0. The molecule has 0 spiro atoms. The lowest BCUT2D eigenvalue weighted by atomic mass is 9.80. The predicted molar refractivity (Wildman–Crippen MR) is 69.4 cm³/mol. The summed E-state index contributed by atoms with van der Waals surface area (Å²) in [7, 11) is 0. The van der Waals surface area contributed by atoms with Crippen molar-refractivity contribution in [2.45, 2.75) is 58.0 Å². The van der Waals surface area contributed by atoms with Crippen LogP contribution in [0.25, 0.3) is 0 Å². The predicted octanol–water partition coefficient (Wildman–Crippen LogP) is 3.30. The quantitative estimate of drug-likeness (QED) is 0.777. The van der Waals surface area contributed by atoms with Crippen LogP contribution in [0.15, 0.2) is 0 Å². The van der Waals surface area contributed by atoms with Crippen molar-refractivity contribution in [3.8, 4) is 0 Å². The molecule has 0 aromatic rings. The topological polar surface area (TPSA) is 12.0 Å². The fourth-order valence-electron chi connectivity index (χ4n) is 3.29. The Labute approximate surface area is 98.8 Å². The molecular formula is C13H25NS. The van der Waals surface area contributed by atoms with Gasteiger partial charge in [-0.2, -0.15) is 11.8 Å². The van der Waals surface area contributed by atoms with Gasteiger partial charge in [0.1, 0.15) is 0 Å². The Morgan fingerprint density at radius 3 is 2.33 bits per heavy atom. The van der Waals surface area contributed by atoms with Crippen LogP contribution in [0.3, 0.4) is 0 Å². The first-order valence-electron chi connectivity index (χ1n) is 6.58. The minimum atomic E-state index is 0.811. The average molecular weight is 227 g/mol. The van der Waals surface area contributed by atoms with Gasteiger partial charge in [0.15, 0.2) is 0 Å². The molecule has 2 fully saturated rings. The Balaban J connectivity index is 1.77. The van der Waals surface area contributed by atoms with Gasteiger partial charge in [0.2, 0.25) is 0 Å². The highest BCUT2D eigenvalue weighted by Gasteiger charge is 2.26. The molecule has 1 saturated carbocycles. The number of thioether (sulfide) groups is 1. The molecule has 3 unspecified atom stereocenters. The van der Waals surface area contributed by atoms with Crippen LogP contribution >= 0.6 is 11.8 Å². The minimum absolute atomic E-state index is 0.811. The highest BCUT2D eigenvalue weighted by Crippen LogP contribution is 2.29. The van der Waals surface area contributed by atoms with Crippen LogP contribution in [0.2, 0.25) is 0 Å². The molecule has 0 bridgehead atoms. The van der Waals surface area contributed by atoms with E-state index in [0.29, 0.717) is 0 Å². The second-order valence-electron chi connectivity index (χ2n) is 5.70. The largest absolute Gasteiger partial charge is 0.310 e. The molecule has 2 rings (SSSR count). The summed E-state index contributed by atoms with van der Waals surface area (Å²) in [5, 5.41) is 3.90. The van der Waals surface area contributed by atoms with Gasteiger partial charge >= 0.3 is 0 Å². The van der Waals surface area contributed by atoms with Gasteiger partial charge in [0.25, 0.3) is 0 Å². The first kappa shape index (κ1) is 11.8. The Kier molecular flexibility index (Phi) is 4.39. The van der Waals surface area contributed by atoms with E-state index in [9.17, 15) is 0 Å². The van der Waals surface area contributed by atoms with E-state index in [4.69, 9.17) is 0 Å². The van der Waals surface area contributed by atoms with Gasteiger partial charge in [0, 0.05) is 17.8 Å². The molecule has 2 aliphatic rings. The molecule has 1 nitrogen and oxygen atoms in total. The zero-order valence-electron chi connectivity index (χ0n) is 10.2. The van der Waals surface area contributed by atoms with Crippen LogP contribution in [0.4, 0.5) is 0 Å². The maximum absolute atomic E-state index is 3.90. The van der Waals surface area contributed by atoms with Gasteiger partial charge in [-0.15, -0.1) is 0 Å². The molecular weight excluding hydrogens is 202 g/mol. The van der Waals surface area contributed by atoms with Crippen molar-refractivity contribution < 1.29 is 0 Å². The van der Waals surface area contributed by atoms with Crippen molar-refractivity contribution >= 4 is 11.8 Å². The summed E-state index contributed by atoms with van der Waals surface area (Å²) in [6.07, 6.45) is 7.08. The van der Waals surface area contributed by atoms with Crippen LogP contribution in [-0.2, 0) is 0 Å². The number of nitrogens with one attached hydrogen (secondary N) is 1. The molecule has 1 saturated heterocycles. The summed E-state index contributed by atoms with van der Waals surface area (Å²) in [5.74, 6) is 4.60. The highest BCUT2D eigenvalue weighted by molar-refractivity contribution is 7.99. The molecule has 1 heterocycles. The Morgan fingerprint density at radius 2 is 1.73 bits per heavy atom. The summed E-state index contributed by atoms with van der Waals surface area (Å²) in [6, 6.07) is 1.62. The Hall–Kier alpha value is 0.310. The zero-order valence-corrected chi connectivity index (χ0v) is 11.0. The van der Waals surface area contributed by atoms with E-state index < -0.39 is 0 Å². The molecule has 15 heavy (non-hydrogen) atoms. The molecule has 1 aliphatic carbocycles. The maximum Gasteiger partial charge on any atom is 0.0161 e. The van der Waals surface area contributed by atoms with Gasteiger partial charge in [-0.1, -0.05) is 13.8 Å². The standard InChI is InChI=1S/C13H25NS/c1-10-6-11(2)8-13(7-10)14-12-4-3-5-15-9-12/h10-14H,3-9H2,1-2H3. The summed E-state index contributed by atoms with van der Waals surface area (Å²) in [6.45, 7) is 4.83. The van der Waals surface area contributed by atoms with E-state index in [1.165, 1.54) is 43.6 Å². The van der Waals surface area contributed by atoms with Crippen LogP contribution in [0.1, 0.15) is 46.0 Å². The number of hydrogen-bond donors (Lipinski definition) is 1. The third-order valence-electron chi connectivity index (χ3n) is 3.81. The second-order valence-corrected chi connectivity index (χ2v) is 6.84. The molecule has 3 atom stereocenters. The molecule has 88 valence electrons. The molecule has 0 amide bonds. The summed E-state index contributed by atoms with van der Waals surface area (Å²) >= 11 is 2.13. The third-order valence-corrected chi connectivity index (χ3v) is 5.03. The highest BCUT2D eigenvalue weighted by atomic mass is 32.2. The molecule has 1 aliphatic heterocycles. The summed E-state index contributed by atoms with van der Waals surface area (Å²) < 4.78 is 0. The van der Waals surface area contributed by atoms with Crippen molar-refractivity contribution in [1.82, 2.24) is 5.32 Å². The van der Waals surface area contributed by atoms with Gasteiger partial charge in [0.05, 0.1) is 0 Å². The van der Waals surface area contributed by atoms with Gasteiger partial charge < -0.3 is 5.32 Å². The Bertz CT molecular complexity index is 179. The van der Waals surface area contributed by atoms with E-state index in [1.807, 2.05) is 0 Å². The van der Waals surface area contributed by atoms with E-state index >= 15 is 0 Å². The van der Waals surface area contributed by atoms with Crippen LogP contribution in [0.5, 0.6) is 0 Å². The van der Waals surface area contributed by atoms with Gasteiger partial charge in [-0.3, -0.25) is 0 Å². The normalized spacial score (nSPS) is 42.8. The van der Waals surface area contributed by atoms with Crippen LogP contribution in [0, 0.1) is 11.8 Å². The molecule has 0 aromatic carbocycles.